The lowest BCUT2D eigenvalue weighted by Crippen LogP contribution is -2.34. The molecule has 2 rings (SSSR count). The van der Waals surface area contributed by atoms with Gasteiger partial charge >= 0.3 is 0 Å². The van der Waals surface area contributed by atoms with E-state index in [0.717, 1.165) is 12.1 Å². The Morgan fingerprint density at radius 1 is 1.33 bits per heavy atom. The number of ether oxygens (including phenoxy) is 1. The third-order valence-corrected chi connectivity index (χ3v) is 2.99. The average molecular weight is 287 g/mol. The van der Waals surface area contributed by atoms with Gasteiger partial charge in [-0.05, 0) is 11.1 Å². The van der Waals surface area contributed by atoms with Crippen LogP contribution < -0.4 is 11.1 Å². The minimum absolute atomic E-state index is 0.439. The molecule has 0 saturated carbocycles. The summed E-state index contributed by atoms with van der Waals surface area (Å²) in [6.07, 6.45) is 5.54. The van der Waals surface area contributed by atoms with Crippen molar-refractivity contribution in [3.8, 4) is 0 Å². The zero-order valence-electron chi connectivity index (χ0n) is 12.2. The lowest BCUT2D eigenvalue weighted by Gasteiger charge is -2.06. The van der Waals surface area contributed by atoms with Crippen LogP contribution in [0, 0.1) is 0 Å². The summed E-state index contributed by atoms with van der Waals surface area (Å²) in [4.78, 5) is 8.31. The minimum atomic E-state index is 0.439. The second kappa shape index (κ2) is 8.06. The van der Waals surface area contributed by atoms with Crippen molar-refractivity contribution in [2.75, 3.05) is 20.3 Å². The molecule has 0 aliphatic rings. The Kier molecular flexibility index (Phi) is 5.78. The molecule has 1 heterocycles. The maximum atomic E-state index is 5.76. The van der Waals surface area contributed by atoms with E-state index in [4.69, 9.17) is 10.5 Å². The van der Waals surface area contributed by atoms with Gasteiger partial charge in [0.25, 0.3) is 0 Å². The first-order chi connectivity index (χ1) is 10.3. The number of aliphatic imine (C=N–C) groups is 1. The van der Waals surface area contributed by atoms with Gasteiger partial charge in [0.15, 0.2) is 5.96 Å². The van der Waals surface area contributed by atoms with Gasteiger partial charge in [-0.25, -0.2) is 9.98 Å². The van der Waals surface area contributed by atoms with Crippen LogP contribution in [0.25, 0.3) is 0 Å². The van der Waals surface area contributed by atoms with Gasteiger partial charge in [-0.1, -0.05) is 24.3 Å². The molecule has 3 N–H and O–H groups in total. The number of aromatic nitrogens is 2. The molecule has 0 bridgehead atoms. The molecule has 6 heteroatoms. The Morgan fingerprint density at radius 3 is 2.76 bits per heavy atom. The third kappa shape index (κ3) is 5.27. The molecule has 0 fully saturated rings. The number of guanidine groups is 1. The quantitative estimate of drug-likeness (QED) is 0.452. The first kappa shape index (κ1) is 15.1. The second-order valence-electron chi connectivity index (χ2n) is 4.67. The number of imidazole rings is 1. The molecule has 6 nitrogen and oxygen atoms in total. The number of methoxy groups -OCH3 is 1. The van der Waals surface area contributed by atoms with E-state index in [1.54, 1.807) is 13.3 Å². The van der Waals surface area contributed by atoms with E-state index in [0.29, 0.717) is 25.7 Å². The predicted molar refractivity (Wildman–Crippen MR) is 83.0 cm³/mol. The average Bonchev–Trinajstić information content (AvgIpc) is 3.00. The van der Waals surface area contributed by atoms with Crippen molar-refractivity contribution in [3.63, 3.8) is 0 Å². The van der Waals surface area contributed by atoms with Crippen LogP contribution in [-0.4, -0.2) is 35.8 Å². The molecule has 0 spiro atoms. The second-order valence-corrected chi connectivity index (χ2v) is 4.67. The van der Waals surface area contributed by atoms with Gasteiger partial charge in [-0.3, -0.25) is 0 Å². The van der Waals surface area contributed by atoms with Crippen LogP contribution in [0.15, 0.2) is 48.0 Å². The number of benzene rings is 1. The largest absolute Gasteiger partial charge is 0.383 e. The molecule has 0 atom stereocenters. The lowest BCUT2D eigenvalue weighted by atomic mass is 10.1. The number of nitrogens with zero attached hydrogens (tertiary/aromatic N) is 3. The predicted octanol–water partition coefficient (Wildman–Crippen LogP) is 0.982. The van der Waals surface area contributed by atoms with Crippen LogP contribution in [0.5, 0.6) is 0 Å². The lowest BCUT2D eigenvalue weighted by molar-refractivity contribution is 0.204. The summed E-state index contributed by atoms with van der Waals surface area (Å²) in [5.74, 6) is 0.439. The summed E-state index contributed by atoms with van der Waals surface area (Å²) in [6, 6.07) is 8.33. The standard InChI is InChI=1S/C15H21N5O/c1-21-9-7-18-15(16)19-10-13-2-4-14(5-3-13)11-20-8-6-17-12-20/h2-6,8,12H,7,9-11H2,1H3,(H3,16,18,19). The van der Waals surface area contributed by atoms with Gasteiger partial charge < -0.3 is 20.4 Å². The third-order valence-electron chi connectivity index (χ3n) is 2.99. The van der Waals surface area contributed by atoms with E-state index in [9.17, 15) is 0 Å². The zero-order valence-corrected chi connectivity index (χ0v) is 12.2. The summed E-state index contributed by atoms with van der Waals surface area (Å²) in [7, 11) is 1.65. The summed E-state index contributed by atoms with van der Waals surface area (Å²) in [5, 5.41) is 2.99. The van der Waals surface area contributed by atoms with Gasteiger partial charge in [0, 0.05) is 32.6 Å². The van der Waals surface area contributed by atoms with Crippen LogP contribution in [0.4, 0.5) is 0 Å². The van der Waals surface area contributed by atoms with Gasteiger partial charge in [-0.15, -0.1) is 0 Å². The summed E-state index contributed by atoms with van der Waals surface area (Å²) in [5.41, 5.74) is 8.11. The Hall–Kier alpha value is -2.34. The molecule has 0 radical (unpaired) electrons. The Labute approximate surface area is 124 Å². The first-order valence-electron chi connectivity index (χ1n) is 6.84. The van der Waals surface area contributed by atoms with Crippen LogP contribution >= 0.6 is 0 Å². The van der Waals surface area contributed by atoms with E-state index in [1.807, 2.05) is 17.1 Å². The SMILES string of the molecule is COCCNC(N)=NCc1ccc(Cn2ccnc2)cc1. The van der Waals surface area contributed by atoms with Crippen molar-refractivity contribution >= 4 is 5.96 Å². The Bertz CT molecular complexity index is 548. The molecule has 0 saturated heterocycles. The number of hydrogen-bond donors (Lipinski definition) is 2. The fraction of sp³-hybridized carbons (Fsp3) is 0.333. The maximum absolute atomic E-state index is 5.76. The van der Waals surface area contributed by atoms with Gasteiger partial charge in [0.2, 0.25) is 0 Å². The molecule has 21 heavy (non-hydrogen) atoms. The fourth-order valence-electron chi connectivity index (χ4n) is 1.85. The summed E-state index contributed by atoms with van der Waals surface area (Å²) >= 11 is 0. The van der Waals surface area contributed by atoms with Crippen molar-refractivity contribution in [1.29, 1.82) is 0 Å². The van der Waals surface area contributed by atoms with Crippen molar-refractivity contribution in [1.82, 2.24) is 14.9 Å². The Morgan fingerprint density at radius 2 is 2.10 bits per heavy atom. The van der Waals surface area contributed by atoms with E-state index >= 15 is 0 Å². The van der Waals surface area contributed by atoms with E-state index in [2.05, 4.69) is 39.6 Å². The normalized spacial score (nSPS) is 11.6. The van der Waals surface area contributed by atoms with Crippen LogP contribution in [-0.2, 0) is 17.8 Å². The number of nitrogens with one attached hydrogen (secondary N) is 1. The van der Waals surface area contributed by atoms with E-state index in [1.165, 1.54) is 5.56 Å². The number of hydrogen-bond acceptors (Lipinski definition) is 3. The number of rotatable bonds is 7. The molecule has 0 unspecified atom stereocenters. The maximum Gasteiger partial charge on any atom is 0.188 e. The molecule has 0 aliphatic heterocycles. The van der Waals surface area contributed by atoms with E-state index < -0.39 is 0 Å². The van der Waals surface area contributed by atoms with Gasteiger partial charge in [0.05, 0.1) is 19.5 Å². The topological polar surface area (TPSA) is 77.5 Å². The summed E-state index contributed by atoms with van der Waals surface area (Å²) < 4.78 is 6.96. The minimum Gasteiger partial charge on any atom is -0.383 e. The highest BCUT2D eigenvalue weighted by molar-refractivity contribution is 5.77. The van der Waals surface area contributed by atoms with Gasteiger partial charge in [0.1, 0.15) is 0 Å². The molecule has 112 valence electrons. The smallest absolute Gasteiger partial charge is 0.188 e. The first-order valence-corrected chi connectivity index (χ1v) is 6.84. The number of nitrogens with two attached hydrogens (primary N) is 1. The van der Waals surface area contributed by atoms with Crippen molar-refractivity contribution in [2.45, 2.75) is 13.1 Å². The van der Waals surface area contributed by atoms with Crippen molar-refractivity contribution < 1.29 is 4.74 Å². The molecule has 1 aromatic heterocycles. The van der Waals surface area contributed by atoms with E-state index in [-0.39, 0.29) is 0 Å². The summed E-state index contributed by atoms with van der Waals surface area (Å²) in [6.45, 7) is 2.66. The molecule has 0 amide bonds. The molecular formula is C15H21N5O. The van der Waals surface area contributed by atoms with Crippen molar-refractivity contribution in [2.24, 2.45) is 10.7 Å². The molecule has 2 aromatic rings. The van der Waals surface area contributed by atoms with Crippen LogP contribution in [0.1, 0.15) is 11.1 Å². The van der Waals surface area contributed by atoms with Crippen molar-refractivity contribution in [3.05, 3.63) is 54.1 Å². The highest BCUT2D eigenvalue weighted by atomic mass is 16.5. The van der Waals surface area contributed by atoms with Crippen LogP contribution in [0.3, 0.4) is 0 Å². The highest BCUT2D eigenvalue weighted by Gasteiger charge is 1.97. The molecule has 0 aliphatic carbocycles. The monoisotopic (exact) mass is 287 g/mol. The highest BCUT2D eigenvalue weighted by Crippen LogP contribution is 2.07. The Balaban J connectivity index is 1.83. The molecular weight excluding hydrogens is 266 g/mol. The van der Waals surface area contributed by atoms with Crippen LogP contribution in [0.2, 0.25) is 0 Å². The van der Waals surface area contributed by atoms with Gasteiger partial charge in [-0.2, -0.15) is 0 Å². The molecule has 1 aromatic carbocycles. The fourth-order valence-corrected chi connectivity index (χ4v) is 1.85. The zero-order chi connectivity index (χ0) is 14.9.